The van der Waals surface area contributed by atoms with Gasteiger partial charge in [0.2, 0.25) is 0 Å². The summed E-state index contributed by atoms with van der Waals surface area (Å²) >= 11 is 0. The van der Waals surface area contributed by atoms with Crippen LogP contribution in [0.4, 0.5) is 0 Å². The lowest BCUT2D eigenvalue weighted by Gasteiger charge is -2.24. The minimum absolute atomic E-state index is 1.36. The number of aryl methyl sites for hydroxylation is 2. The molecule has 0 spiro atoms. The molecule has 0 aliphatic heterocycles. The highest BCUT2D eigenvalue weighted by Gasteiger charge is 2.25. The molecule has 88 valence electrons. The second-order valence-electron chi connectivity index (χ2n) is 5.36. The first-order chi connectivity index (χ1) is 8.00. The van der Waals surface area contributed by atoms with E-state index in [4.69, 9.17) is 0 Å². The number of benzene rings is 2. The molecule has 0 unspecified atom stereocenters. The topological polar surface area (TPSA) is 0 Å². The van der Waals surface area contributed by atoms with Gasteiger partial charge in [0.15, 0.2) is 0 Å². The Morgan fingerprint density at radius 1 is 0.706 bits per heavy atom. The molecule has 0 atom stereocenters. The molecule has 0 amide bonds. The van der Waals surface area contributed by atoms with Crippen molar-refractivity contribution in [2.24, 2.45) is 0 Å². The van der Waals surface area contributed by atoms with Gasteiger partial charge in [-0.2, -0.15) is 0 Å². The van der Waals surface area contributed by atoms with Crippen LogP contribution in [0.25, 0.3) is 0 Å². The number of hydrogen-bond acceptors (Lipinski definition) is 0. The molecule has 1 heteroatoms. The molecule has 17 heavy (non-hydrogen) atoms. The van der Waals surface area contributed by atoms with Gasteiger partial charge in [0.25, 0.3) is 0 Å². The van der Waals surface area contributed by atoms with Gasteiger partial charge < -0.3 is 0 Å². The van der Waals surface area contributed by atoms with Crippen molar-refractivity contribution in [2.75, 3.05) is 0 Å². The van der Waals surface area contributed by atoms with E-state index in [1.165, 1.54) is 21.5 Å². The van der Waals surface area contributed by atoms with E-state index in [-0.39, 0.29) is 0 Å². The quantitative estimate of drug-likeness (QED) is 0.708. The van der Waals surface area contributed by atoms with Crippen LogP contribution >= 0.6 is 0 Å². The van der Waals surface area contributed by atoms with Crippen LogP contribution in [0.15, 0.2) is 48.5 Å². The molecule has 0 radical (unpaired) electrons. The van der Waals surface area contributed by atoms with Crippen LogP contribution in [0.5, 0.6) is 0 Å². The van der Waals surface area contributed by atoms with Gasteiger partial charge in [-0.25, -0.2) is 0 Å². The summed E-state index contributed by atoms with van der Waals surface area (Å²) in [6.45, 7) is 9.20. The van der Waals surface area contributed by atoms with Crippen molar-refractivity contribution >= 4 is 18.4 Å². The van der Waals surface area contributed by atoms with Crippen molar-refractivity contribution in [3.8, 4) is 0 Å². The third-order valence-corrected chi connectivity index (χ3v) is 6.99. The third-order valence-electron chi connectivity index (χ3n) is 3.48. The smallest absolute Gasteiger partial charge is 0.0626 e. The van der Waals surface area contributed by atoms with Crippen molar-refractivity contribution in [2.45, 2.75) is 26.9 Å². The Kier molecular flexibility index (Phi) is 3.21. The van der Waals surface area contributed by atoms with Crippen molar-refractivity contribution < 1.29 is 0 Å². The summed E-state index contributed by atoms with van der Waals surface area (Å²) < 4.78 is 0. The lowest BCUT2D eigenvalue weighted by molar-refractivity contribution is 1.47. The van der Waals surface area contributed by atoms with E-state index in [9.17, 15) is 0 Å². The van der Waals surface area contributed by atoms with Gasteiger partial charge in [-0.1, -0.05) is 83.1 Å². The maximum absolute atomic E-state index is 2.43. The SMILES string of the molecule is Cc1cccc([Si](C)(C)c2cccc(C)c2)c1. The van der Waals surface area contributed by atoms with Crippen LogP contribution in [0, 0.1) is 13.8 Å². The minimum Gasteiger partial charge on any atom is -0.0626 e. The Morgan fingerprint density at radius 3 is 1.47 bits per heavy atom. The molecule has 0 fully saturated rings. The lowest BCUT2D eigenvalue weighted by atomic mass is 10.2. The zero-order valence-electron chi connectivity index (χ0n) is 11.1. The van der Waals surface area contributed by atoms with E-state index in [2.05, 4.69) is 75.5 Å². The summed E-state index contributed by atoms with van der Waals surface area (Å²) in [4.78, 5) is 0. The zero-order valence-corrected chi connectivity index (χ0v) is 12.1. The lowest BCUT2D eigenvalue weighted by Crippen LogP contribution is -2.52. The highest BCUT2D eigenvalue weighted by atomic mass is 28.3. The van der Waals surface area contributed by atoms with Crippen molar-refractivity contribution in [3.63, 3.8) is 0 Å². The molecular weight excluding hydrogens is 220 g/mol. The van der Waals surface area contributed by atoms with Crippen LogP contribution in [0.2, 0.25) is 13.1 Å². The summed E-state index contributed by atoms with van der Waals surface area (Å²) in [5.41, 5.74) is 2.71. The first-order valence-corrected chi connectivity index (χ1v) is 9.14. The van der Waals surface area contributed by atoms with E-state index in [0.29, 0.717) is 0 Å². The second-order valence-corrected chi connectivity index (χ2v) is 9.77. The largest absolute Gasteiger partial charge is 0.112 e. The van der Waals surface area contributed by atoms with Gasteiger partial charge in [-0.3, -0.25) is 0 Å². The molecule has 0 aliphatic rings. The van der Waals surface area contributed by atoms with E-state index in [1.54, 1.807) is 0 Å². The first kappa shape index (κ1) is 12.1. The predicted octanol–water partition coefficient (Wildman–Crippen LogP) is 3.13. The van der Waals surface area contributed by atoms with Crippen molar-refractivity contribution in [1.82, 2.24) is 0 Å². The molecule has 2 aromatic carbocycles. The Morgan fingerprint density at radius 2 is 1.12 bits per heavy atom. The molecule has 0 N–H and O–H groups in total. The molecule has 0 nitrogen and oxygen atoms in total. The van der Waals surface area contributed by atoms with Gasteiger partial charge in [-0.15, -0.1) is 0 Å². The van der Waals surface area contributed by atoms with Gasteiger partial charge in [0.05, 0.1) is 0 Å². The van der Waals surface area contributed by atoms with Crippen molar-refractivity contribution in [1.29, 1.82) is 0 Å². The molecular formula is C16H20Si. The number of rotatable bonds is 2. The summed E-state index contributed by atoms with van der Waals surface area (Å²) in [6.07, 6.45) is 0. The maximum atomic E-state index is 2.43. The van der Waals surface area contributed by atoms with E-state index in [1.807, 2.05) is 0 Å². The van der Waals surface area contributed by atoms with Crippen LogP contribution in [-0.4, -0.2) is 8.07 Å². The average Bonchev–Trinajstić information content (AvgIpc) is 2.29. The maximum Gasteiger partial charge on any atom is 0.112 e. The van der Waals surface area contributed by atoms with Crippen LogP contribution in [0.1, 0.15) is 11.1 Å². The summed E-state index contributed by atoms with van der Waals surface area (Å²) in [7, 11) is -1.52. The molecule has 0 saturated heterocycles. The Balaban J connectivity index is 2.49. The van der Waals surface area contributed by atoms with Gasteiger partial charge in [0.1, 0.15) is 8.07 Å². The average molecular weight is 240 g/mol. The van der Waals surface area contributed by atoms with Gasteiger partial charge in [0, 0.05) is 0 Å². The van der Waals surface area contributed by atoms with Gasteiger partial charge >= 0.3 is 0 Å². The summed E-state index contributed by atoms with van der Waals surface area (Å²) in [5, 5.41) is 3.03. The van der Waals surface area contributed by atoms with Crippen LogP contribution in [-0.2, 0) is 0 Å². The Labute approximate surface area is 105 Å². The summed E-state index contributed by atoms with van der Waals surface area (Å²) in [5.74, 6) is 0. The van der Waals surface area contributed by atoms with Crippen molar-refractivity contribution in [3.05, 3.63) is 59.7 Å². The zero-order chi connectivity index (χ0) is 12.5. The first-order valence-electron chi connectivity index (χ1n) is 6.14. The second kappa shape index (κ2) is 4.50. The molecule has 0 bridgehead atoms. The monoisotopic (exact) mass is 240 g/mol. The Bertz CT molecular complexity index is 479. The molecule has 2 aromatic rings. The number of hydrogen-bond donors (Lipinski definition) is 0. The third kappa shape index (κ3) is 2.50. The van der Waals surface area contributed by atoms with E-state index < -0.39 is 8.07 Å². The normalized spacial score (nSPS) is 11.5. The minimum atomic E-state index is -1.52. The summed E-state index contributed by atoms with van der Waals surface area (Å²) in [6, 6.07) is 17.9. The van der Waals surface area contributed by atoms with E-state index in [0.717, 1.165) is 0 Å². The van der Waals surface area contributed by atoms with E-state index >= 15 is 0 Å². The fourth-order valence-corrected chi connectivity index (χ4v) is 4.77. The van der Waals surface area contributed by atoms with Crippen LogP contribution in [0.3, 0.4) is 0 Å². The fraction of sp³-hybridized carbons (Fsp3) is 0.250. The Hall–Kier alpha value is -1.34. The standard InChI is InChI=1S/C16H20Si/c1-13-7-5-9-15(11-13)17(3,4)16-10-6-8-14(2)12-16/h5-12H,1-4H3. The molecule has 0 aliphatic carbocycles. The molecule has 0 heterocycles. The van der Waals surface area contributed by atoms with Gasteiger partial charge in [-0.05, 0) is 13.8 Å². The molecule has 0 saturated carbocycles. The fourth-order valence-electron chi connectivity index (χ4n) is 2.23. The van der Waals surface area contributed by atoms with Crippen LogP contribution < -0.4 is 10.4 Å². The molecule has 2 rings (SSSR count). The predicted molar refractivity (Wildman–Crippen MR) is 79.1 cm³/mol. The highest BCUT2D eigenvalue weighted by molar-refractivity contribution is 7.00. The molecule has 0 aromatic heterocycles. The highest BCUT2D eigenvalue weighted by Crippen LogP contribution is 2.07.